The molecule has 0 fully saturated rings. The molecule has 0 aromatic rings. The van der Waals surface area contributed by atoms with Gasteiger partial charge in [-0.15, -0.1) is 0 Å². The molecular formula is C8H18NO. The van der Waals surface area contributed by atoms with Gasteiger partial charge in [0.1, 0.15) is 0 Å². The Kier molecular flexibility index (Phi) is 2.49. The van der Waals surface area contributed by atoms with Crippen LogP contribution in [0.3, 0.4) is 0 Å². The van der Waals surface area contributed by atoms with Crippen LogP contribution in [0.25, 0.3) is 0 Å². The van der Waals surface area contributed by atoms with Gasteiger partial charge >= 0.3 is 0 Å². The SMILES string of the molecule is CC(C)(C)C([NH])C(C)(C)O. The Bertz CT molecular complexity index is 93.4. The van der Waals surface area contributed by atoms with Gasteiger partial charge in [0.25, 0.3) is 0 Å². The zero-order valence-electron chi connectivity index (χ0n) is 7.52. The first kappa shape index (κ1) is 9.92. The second-order valence-electron chi connectivity index (χ2n) is 4.45. The smallest absolute Gasteiger partial charge is 0.0762 e. The van der Waals surface area contributed by atoms with Gasteiger partial charge < -0.3 is 5.11 Å². The predicted octanol–water partition coefficient (Wildman–Crippen LogP) is 1.45. The van der Waals surface area contributed by atoms with Crippen molar-refractivity contribution in [1.29, 1.82) is 0 Å². The van der Waals surface area contributed by atoms with Crippen LogP contribution in [0.4, 0.5) is 0 Å². The van der Waals surface area contributed by atoms with Crippen molar-refractivity contribution in [2.24, 2.45) is 5.41 Å². The van der Waals surface area contributed by atoms with Crippen LogP contribution in [0, 0.1) is 5.41 Å². The highest BCUT2D eigenvalue weighted by molar-refractivity contribution is 4.89. The quantitative estimate of drug-likeness (QED) is 0.595. The largest absolute Gasteiger partial charge is 0.389 e. The normalized spacial score (nSPS) is 17.1. The minimum atomic E-state index is -0.891. The summed E-state index contributed by atoms with van der Waals surface area (Å²) >= 11 is 0. The third-order valence-corrected chi connectivity index (χ3v) is 1.57. The molecule has 0 saturated heterocycles. The third-order valence-electron chi connectivity index (χ3n) is 1.57. The van der Waals surface area contributed by atoms with Gasteiger partial charge in [-0.3, -0.25) is 5.73 Å². The Balaban J connectivity index is 4.23. The molecule has 0 bridgehead atoms. The van der Waals surface area contributed by atoms with Crippen molar-refractivity contribution < 1.29 is 5.11 Å². The molecule has 2 heteroatoms. The average Bonchev–Trinajstić information content (AvgIpc) is 1.59. The lowest BCUT2D eigenvalue weighted by molar-refractivity contribution is 0.00914. The van der Waals surface area contributed by atoms with E-state index in [2.05, 4.69) is 0 Å². The van der Waals surface area contributed by atoms with E-state index < -0.39 is 11.6 Å². The summed E-state index contributed by atoms with van der Waals surface area (Å²) in [6.07, 6.45) is 0. The van der Waals surface area contributed by atoms with E-state index in [4.69, 9.17) is 5.73 Å². The van der Waals surface area contributed by atoms with Crippen molar-refractivity contribution in [2.45, 2.75) is 46.3 Å². The lowest BCUT2D eigenvalue weighted by Crippen LogP contribution is -2.46. The van der Waals surface area contributed by atoms with Crippen LogP contribution >= 0.6 is 0 Å². The summed E-state index contributed by atoms with van der Waals surface area (Å²) in [4.78, 5) is 0. The molecule has 2 N–H and O–H groups in total. The Morgan fingerprint density at radius 3 is 1.40 bits per heavy atom. The molecule has 0 aliphatic rings. The molecule has 61 valence electrons. The maximum absolute atomic E-state index is 9.43. The Hall–Kier alpha value is -0.0800. The van der Waals surface area contributed by atoms with Gasteiger partial charge in [-0.05, 0) is 19.3 Å². The van der Waals surface area contributed by atoms with Gasteiger partial charge in [0.15, 0.2) is 0 Å². The molecular weight excluding hydrogens is 126 g/mol. The predicted molar refractivity (Wildman–Crippen MR) is 42.6 cm³/mol. The zero-order chi connectivity index (χ0) is 8.58. The van der Waals surface area contributed by atoms with E-state index in [9.17, 15) is 5.11 Å². The van der Waals surface area contributed by atoms with Gasteiger partial charge in [0, 0.05) is 0 Å². The van der Waals surface area contributed by atoms with Crippen LogP contribution in [0.5, 0.6) is 0 Å². The van der Waals surface area contributed by atoms with Crippen molar-refractivity contribution in [1.82, 2.24) is 5.73 Å². The fraction of sp³-hybridized carbons (Fsp3) is 1.00. The Morgan fingerprint density at radius 1 is 1.10 bits per heavy atom. The molecule has 1 atom stereocenters. The van der Waals surface area contributed by atoms with Gasteiger partial charge in [0.2, 0.25) is 0 Å². The van der Waals surface area contributed by atoms with E-state index in [0.29, 0.717) is 0 Å². The van der Waals surface area contributed by atoms with E-state index >= 15 is 0 Å². The van der Waals surface area contributed by atoms with Gasteiger partial charge in [-0.25, -0.2) is 0 Å². The van der Waals surface area contributed by atoms with E-state index in [0.717, 1.165) is 0 Å². The number of hydrogen-bond donors (Lipinski definition) is 1. The van der Waals surface area contributed by atoms with Crippen molar-refractivity contribution >= 4 is 0 Å². The Labute approximate surface area is 63.4 Å². The fourth-order valence-corrected chi connectivity index (χ4v) is 1.06. The summed E-state index contributed by atoms with van der Waals surface area (Å²) in [6, 6.07) is -0.431. The number of hydrogen-bond acceptors (Lipinski definition) is 1. The van der Waals surface area contributed by atoms with Gasteiger partial charge in [0.05, 0.1) is 11.6 Å². The summed E-state index contributed by atoms with van der Waals surface area (Å²) in [5.41, 5.74) is 6.59. The molecule has 1 unspecified atom stereocenters. The molecule has 0 rings (SSSR count). The van der Waals surface area contributed by atoms with Gasteiger partial charge in [-0.2, -0.15) is 0 Å². The molecule has 0 aliphatic heterocycles. The van der Waals surface area contributed by atoms with Gasteiger partial charge in [-0.1, -0.05) is 20.8 Å². The first-order chi connectivity index (χ1) is 4.15. The summed E-state index contributed by atoms with van der Waals surface area (Å²) in [6.45, 7) is 9.24. The molecule has 1 radical (unpaired) electrons. The van der Waals surface area contributed by atoms with E-state index in [1.54, 1.807) is 13.8 Å². The highest BCUT2D eigenvalue weighted by Gasteiger charge is 2.33. The molecule has 2 nitrogen and oxygen atoms in total. The highest BCUT2D eigenvalue weighted by Crippen LogP contribution is 2.26. The molecule has 10 heavy (non-hydrogen) atoms. The zero-order valence-corrected chi connectivity index (χ0v) is 7.52. The van der Waals surface area contributed by atoms with Crippen LogP contribution in [-0.2, 0) is 0 Å². The van der Waals surface area contributed by atoms with Crippen molar-refractivity contribution in [3.05, 3.63) is 0 Å². The van der Waals surface area contributed by atoms with Crippen LogP contribution in [0.15, 0.2) is 0 Å². The molecule has 0 aromatic carbocycles. The van der Waals surface area contributed by atoms with Crippen LogP contribution in [0.1, 0.15) is 34.6 Å². The van der Waals surface area contributed by atoms with Crippen LogP contribution < -0.4 is 5.73 Å². The van der Waals surface area contributed by atoms with Crippen LogP contribution in [0.2, 0.25) is 0 Å². The van der Waals surface area contributed by atoms with Crippen molar-refractivity contribution in [2.75, 3.05) is 0 Å². The molecule has 0 aliphatic carbocycles. The second kappa shape index (κ2) is 2.51. The average molecular weight is 144 g/mol. The van der Waals surface area contributed by atoms with Crippen LogP contribution in [-0.4, -0.2) is 16.7 Å². The summed E-state index contributed by atoms with van der Waals surface area (Å²) < 4.78 is 0. The molecule has 0 aromatic heterocycles. The topological polar surface area (TPSA) is 44.0 Å². The second-order valence-corrected chi connectivity index (χ2v) is 4.45. The number of rotatable bonds is 1. The summed E-state index contributed by atoms with van der Waals surface area (Å²) in [5.74, 6) is 0. The molecule has 0 amide bonds. The van der Waals surface area contributed by atoms with E-state index in [-0.39, 0.29) is 5.41 Å². The monoisotopic (exact) mass is 144 g/mol. The summed E-state index contributed by atoms with van der Waals surface area (Å²) in [5, 5.41) is 9.43. The van der Waals surface area contributed by atoms with Crippen molar-refractivity contribution in [3.8, 4) is 0 Å². The number of aliphatic hydroxyl groups is 1. The Morgan fingerprint density at radius 2 is 1.40 bits per heavy atom. The van der Waals surface area contributed by atoms with E-state index in [1.807, 2.05) is 20.8 Å². The minimum Gasteiger partial charge on any atom is -0.389 e. The van der Waals surface area contributed by atoms with E-state index in [1.165, 1.54) is 0 Å². The molecule has 0 heterocycles. The third kappa shape index (κ3) is 2.67. The fourth-order valence-electron chi connectivity index (χ4n) is 1.06. The lowest BCUT2D eigenvalue weighted by atomic mass is 9.79. The number of nitrogens with one attached hydrogen (secondary N) is 1. The first-order valence-electron chi connectivity index (χ1n) is 3.59. The standard InChI is InChI=1S/C8H18NO/c1-7(2,3)6(9)8(4,5)10/h6,9-10H,1-5H3. The maximum atomic E-state index is 9.43. The first-order valence-corrected chi connectivity index (χ1v) is 3.59. The lowest BCUT2D eigenvalue weighted by Gasteiger charge is -2.35. The molecule has 0 saturated carbocycles. The minimum absolute atomic E-state index is 0.141. The van der Waals surface area contributed by atoms with Crippen molar-refractivity contribution in [3.63, 3.8) is 0 Å². The molecule has 0 spiro atoms. The maximum Gasteiger partial charge on any atom is 0.0762 e. The summed E-state index contributed by atoms with van der Waals surface area (Å²) in [7, 11) is 0. The highest BCUT2D eigenvalue weighted by atomic mass is 16.3.